The minimum absolute atomic E-state index is 0.333. The number of fused-ring (bicyclic) bond motifs is 1. The van der Waals surface area contributed by atoms with Crippen molar-refractivity contribution in [3.05, 3.63) is 66.4 Å². The molecule has 3 aromatic heterocycles. The van der Waals surface area contributed by atoms with E-state index in [0.29, 0.717) is 26.7 Å². The molecule has 0 spiro atoms. The normalized spacial score (nSPS) is 11.2. The second-order valence-electron chi connectivity index (χ2n) is 5.71. The van der Waals surface area contributed by atoms with Crippen molar-refractivity contribution in [1.29, 1.82) is 0 Å². The molecule has 0 aliphatic rings. The molecule has 8 heteroatoms. The van der Waals surface area contributed by atoms with E-state index in [1.807, 2.05) is 18.4 Å². The van der Waals surface area contributed by atoms with Crippen LogP contribution in [0.25, 0.3) is 26.3 Å². The Hall–Kier alpha value is -2.35. The average molecular weight is 405 g/mol. The number of nitrogens with one attached hydrogen (secondary N) is 1. The van der Waals surface area contributed by atoms with Gasteiger partial charge in [0.15, 0.2) is 0 Å². The van der Waals surface area contributed by atoms with Crippen LogP contribution in [0.4, 0.5) is 0 Å². The Morgan fingerprint density at radius 1 is 1.19 bits per heavy atom. The van der Waals surface area contributed by atoms with Gasteiger partial charge in [-0.3, -0.25) is 4.79 Å². The van der Waals surface area contributed by atoms with Crippen LogP contribution < -0.4 is 16.0 Å². The summed E-state index contributed by atoms with van der Waals surface area (Å²) in [5.41, 5.74) is 1.96. The quantitative estimate of drug-likeness (QED) is 0.549. The van der Waals surface area contributed by atoms with Crippen LogP contribution >= 0.6 is 34.3 Å². The number of aromatic nitrogens is 2. The van der Waals surface area contributed by atoms with Gasteiger partial charge >= 0.3 is 5.69 Å². The van der Waals surface area contributed by atoms with Crippen molar-refractivity contribution in [2.75, 3.05) is 7.11 Å². The molecule has 0 bridgehead atoms. The van der Waals surface area contributed by atoms with E-state index < -0.39 is 5.69 Å². The van der Waals surface area contributed by atoms with E-state index in [4.69, 9.17) is 16.3 Å². The minimum Gasteiger partial charge on any atom is -0.497 e. The van der Waals surface area contributed by atoms with Gasteiger partial charge in [0, 0.05) is 20.8 Å². The summed E-state index contributed by atoms with van der Waals surface area (Å²) in [5.74, 6) is 0.668. The fraction of sp³-hybridized carbons (Fsp3) is 0.111. The number of benzene rings is 1. The second-order valence-corrected chi connectivity index (χ2v) is 7.91. The lowest BCUT2D eigenvalue weighted by atomic mass is 10.2. The Morgan fingerprint density at radius 3 is 2.69 bits per heavy atom. The molecule has 0 fully saturated rings. The number of thiophene rings is 2. The van der Waals surface area contributed by atoms with Gasteiger partial charge in [0.2, 0.25) is 0 Å². The molecule has 0 saturated heterocycles. The van der Waals surface area contributed by atoms with Gasteiger partial charge in [-0.1, -0.05) is 11.6 Å². The summed E-state index contributed by atoms with van der Waals surface area (Å²) >= 11 is 9.06. The molecule has 3 heterocycles. The molecule has 0 saturated carbocycles. The summed E-state index contributed by atoms with van der Waals surface area (Å²) in [4.78, 5) is 29.0. The first kappa shape index (κ1) is 17.1. The number of rotatable bonds is 3. The number of aromatic amines is 1. The molecule has 0 unspecified atom stereocenters. The van der Waals surface area contributed by atoms with E-state index in [9.17, 15) is 9.59 Å². The number of H-pyrrole nitrogens is 1. The van der Waals surface area contributed by atoms with E-state index in [-0.39, 0.29) is 5.56 Å². The summed E-state index contributed by atoms with van der Waals surface area (Å²) in [5, 5.41) is 4.25. The van der Waals surface area contributed by atoms with Crippen LogP contribution in [0.5, 0.6) is 5.75 Å². The minimum atomic E-state index is -0.454. The molecule has 0 radical (unpaired) electrons. The third-order valence-electron chi connectivity index (χ3n) is 4.08. The SMILES string of the molecule is COc1ccc(Cl)c(-c2cc3[nH]c(=O)n(-c4cscc4C)c(=O)c3s2)c1. The predicted molar refractivity (Wildman–Crippen MR) is 108 cm³/mol. The number of ether oxygens (including phenoxy) is 1. The topological polar surface area (TPSA) is 64.1 Å². The van der Waals surface area contributed by atoms with E-state index >= 15 is 0 Å². The van der Waals surface area contributed by atoms with Crippen molar-refractivity contribution >= 4 is 44.5 Å². The summed E-state index contributed by atoms with van der Waals surface area (Å²) in [6, 6.07) is 7.10. The summed E-state index contributed by atoms with van der Waals surface area (Å²) in [6.07, 6.45) is 0. The molecule has 4 aromatic rings. The Labute approximate surface area is 161 Å². The van der Waals surface area contributed by atoms with Gasteiger partial charge < -0.3 is 9.72 Å². The van der Waals surface area contributed by atoms with Gasteiger partial charge in [-0.05, 0) is 42.1 Å². The van der Waals surface area contributed by atoms with Crippen molar-refractivity contribution in [3.8, 4) is 21.9 Å². The standard InChI is InChI=1S/C18H13ClN2O3S2/c1-9-7-25-8-14(9)21-17(22)16-13(20-18(21)23)6-15(26-16)11-5-10(24-2)3-4-12(11)19/h3-8H,1-2H3,(H,20,23). The monoisotopic (exact) mass is 404 g/mol. The Morgan fingerprint density at radius 2 is 2.00 bits per heavy atom. The third-order valence-corrected chi connectivity index (χ3v) is 6.42. The molecule has 132 valence electrons. The van der Waals surface area contributed by atoms with E-state index in [2.05, 4.69) is 4.98 Å². The lowest BCUT2D eigenvalue weighted by Crippen LogP contribution is -2.33. The Balaban J connectivity index is 1.98. The maximum Gasteiger partial charge on any atom is 0.333 e. The highest BCUT2D eigenvalue weighted by Crippen LogP contribution is 2.37. The van der Waals surface area contributed by atoms with Crippen LogP contribution in [0.1, 0.15) is 5.56 Å². The van der Waals surface area contributed by atoms with Gasteiger partial charge in [0.25, 0.3) is 5.56 Å². The first-order valence-electron chi connectivity index (χ1n) is 7.65. The zero-order valence-corrected chi connectivity index (χ0v) is 16.2. The molecule has 0 aliphatic heterocycles. The Bertz CT molecular complexity index is 1250. The van der Waals surface area contributed by atoms with Crippen LogP contribution in [-0.4, -0.2) is 16.7 Å². The van der Waals surface area contributed by atoms with Crippen LogP contribution in [0.3, 0.4) is 0 Å². The molecule has 1 aromatic carbocycles. The van der Waals surface area contributed by atoms with Crippen LogP contribution in [-0.2, 0) is 0 Å². The molecular formula is C18H13ClN2O3S2. The van der Waals surface area contributed by atoms with Gasteiger partial charge in [-0.25, -0.2) is 9.36 Å². The number of methoxy groups -OCH3 is 1. The van der Waals surface area contributed by atoms with Crippen LogP contribution in [0, 0.1) is 6.92 Å². The molecule has 0 atom stereocenters. The highest BCUT2D eigenvalue weighted by atomic mass is 35.5. The number of aryl methyl sites for hydroxylation is 1. The summed E-state index contributed by atoms with van der Waals surface area (Å²) in [7, 11) is 1.58. The van der Waals surface area contributed by atoms with Gasteiger partial charge in [0.1, 0.15) is 10.4 Å². The van der Waals surface area contributed by atoms with Crippen LogP contribution in [0.15, 0.2) is 44.6 Å². The fourth-order valence-electron chi connectivity index (χ4n) is 2.76. The van der Waals surface area contributed by atoms with Crippen molar-refractivity contribution in [3.63, 3.8) is 0 Å². The predicted octanol–water partition coefficient (Wildman–Crippen LogP) is 4.44. The molecular weight excluding hydrogens is 392 g/mol. The summed E-state index contributed by atoms with van der Waals surface area (Å²) < 4.78 is 6.91. The molecule has 5 nitrogen and oxygen atoms in total. The molecule has 0 aliphatic carbocycles. The lowest BCUT2D eigenvalue weighted by Gasteiger charge is -2.04. The van der Waals surface area contributed by atoms with Crippen molar-refractivity contribution in [2.45, 2.75) is 6.92 Å². The molecule has 0 amide bonds. The number of nitrogens with zero attached hydrogens (tertiary/aromatic N) is 1. The van der Waals surface area contributed by atoms with Crippen molar-refractivity contribution < 1.29 is 4.74 Å². The molecule has 1 N–H and O–H groups in total. The number of hydrogen-bond acceptors (Lipinski definition) is 5. The van der Waals surface area contributed by atoms with Gasteiger partial charge in [-0.2, -0.15) is 0 Å². The van der Waals surface area contributed by atoms with Gasteiger partial charge in [0.05, 0.1) is 18.3 Å². The van der Waals surface area contributed by atoms with Crippen LogP contribution in [0.2, 0.25) is 5.02 Å². The van der Waals surface area contributed by atoms with E-state index in [1.54, 1.807) is 30.7 Å². The second kappa shape index (κ2) is 6.42. The summed E-state index contributed by atoms with van der Waals surface area (Å²) in [6.45, 7) is 1.87. The fourth-order valence-corrected chi connectivity index (χ4v) is 4.92. The van der Waals surface area contributed by atoms with E-state index in [1.165, 1.54) is 27.2 Å². The number of hydrogen-bond donors (Lipinski definition) is 1. The van der Waals surface area contributed by atoms with E-state index in [0.717, 1.165) is 16.0 Å². The zero-order valence-electron chi connectivity index (χ0n) is 13.8. The number of halogens is 1. The zero-order chi connectivity index (χ0) is 18.4. The van der Waals surface area contributed by atoms with Crippen molar-refractivity contribution in [1.82, 2.24) is 9.55 Å². The highest BCUT2D eigenvalue weighted by molar-refractivity contribution is 7.22. The van der Waals surface area contributed by atoms with Gasteiger partial charge in [-0.15, -0.1) is 22.7 Å². The highest BCUT2D eigenvalue weighted by Gasteiger charge is 2.16. The maximum atomic E-state index is 13.0. The molecule has 26 heavy (non-hydrogen) atoms. The van der Waals surface area contributed by atoms with Crippen molar-refractivity contribution in [2.24, 2.45) is 0 Å². The smallest absolute Gasteiger partial charge is 0.333 e. The average Bonchev–Trinajstić information content (AvgIpc) is 3.22. The molecule has 4 rings (SSSR count). The lowest BCUT2D eigenvalue weighted by molar-refractivity contribution is 0.415. The Kier molecular flexibility index (Phi) is 4.22. The first-order chi connectivity index (χ1) is 12.5. The maximum absolute atomic E-state index is 13.0. The largest absolute Gasteiger partial charge is 0.497 e. The third kappa shape index (κ3) is 2.68. The first-order valence-corrected chi connectivity index (χ1v) is 9.79.